The van der Waals surface area contributed by atoms with E-state index in [0.29, 0.717) is 10.6 Å². The fourth-order valence-electron chi connectivity index (χ4n) is 1.42. The summed E-state index contributed by atoms with van der Waals surface area (Å²) in [6.45, 7) is 0.205. The number of nitriles is 1. The molecule has 0 fully saturated rings. The van der Waals surface area contributed by atoms with Gasteiger partial charge in [0.25, 0.3) is 0 Å². The molecule has 0 spiro atoms. The van der Waals surface area contributed by atoms with Crippen LogP contribution in [0, 0.1) is 11.3 Å². The Kier molecular flexibility index (Phi) is 5.42. The second kappa shape index (κ2) is 6.60. The maximum Gasteiger partial charge on any atom is 0.235 e. The number of carbonyl (C=O) groups excluding carboxylic acids is 1. The lowest BCUT2D eigenvalue weighted by Crippen LogP contribution is -2.35. The maximum atomic E-state index is 11.6. The van der Waals surface area contributed by atoms with Crippen molar-refractivity contribution in [1.29, 1.82) is 5.26 Å². The van der Waals surface area contributed by atoms with E-state index in [2.05, 4.69) is 5.32 Å². The third kappa shape index (κ3) is 3.88. The van der Waals surface area contributed by atoms with Gasteiger partial charge in [-0.25, -0.2) is 0 Å². The van der Waals surface area contributed by atoms with Gasteiger partial charge in [-0.05, 0) is 20.2 Å². The normalized spacial score (nSPS) is 12.0. The van der Waals surface area contributed by atoms with Crippen molar-refractivity contribution < 1.29 is 4.79 Å². The molecule has 1 rings (SSSR count). The Bertz CT molecular complexity index is 483. The molecule has 18 heavy (non-hydrogen) atoms. The first-order valence-corrected chi connectivity index (χ1v) is 5.99. The molecule has 0 aliphatic heterocycles. The van der Waals surface area contributed by atoms with Gasteiger partial charge < -0.3 is 10.2 Å². The molecule has 1 aromatic rings. The minimum Gasteiger partial charge on any atom is -0.335 e. The van der Waals surface area contributed by atoms with Gasteiger partial charge in [0.05, 0.1) is 22.7 Å². The van der Waals surface area contributed by atoms with E-state index in [1.165, 1.54) is 0 Å². The molecule has 1 N–H and O–H groups in total. The molecule has 0 aliphatic rings. The average Bonchev–Trinajstić information content (AvgIpc) is 2.29. The summed E-state index contributed by atoms with van der Waals surface area (Å²) in [5, 5.41) is 12.3. The SMILES string of the molecule is CN(C)CC(=O)N[C@@H](C#N)c1cccc(Cl)c1Cl. The molecule has 1 atom stereocenters. The second-order valence-electron chi connectivity index (χ2n) is 4.01. The summed E-state index contributed by atoms with van der Waals surface area (Å²) in [6.07, 6.45) is 0. The number of nitrogens with zero attached hydrogens (tertiary/aromatic N) is 2. The van der Waals surface area contributed by atoms with Gasteiger partial charge in [0.1, 0.15) is 6.04 Å². The van der Waals surface area contributed by atoms with Crippen LogP contribution in [0.5, 0.6) is 0 Å². The first-order chi connectivity index (χ1) is 8.45. The molecule has 0 heterocycles. The predicted octanol–water partition coefficient (Wildman–Crippen LogP) is 2.24. The van der Waals surface area contributed by atoms with Crippen molar-refractivity contribution in [3.05, 3.63) is 33.8 Å². The molecule has 0 bridgehead atoms. The summed E-state index contributed by atoms with van der Waals surface area (Å²) in [5.74, 6) is -0.248. The molecule has 0 aromatic heterocycles. The Balaban J connectivity index is 2.88. The highest BCUT2D eigenvalue weighted by atomic mass is 35.5. The smallest absolute Gasteiger partial charge is 0.235 e. The predicted molar refractivity (Wildman–Crippen MR) is 71.5 cm³/mol. The van der Waals surface area contributed by atoms with Gasteiger partial charge in [-0.15, -0.1) is 0 Å². The highest BCUT2D eigenvalue weighted by molar-refractivity contribution is 6.42. The van der Waals surface area contributed by atoms with E-state index in [1.54, 1.807) is 37.2 Å². The van der Waals surface area contributed by atoms with Crippen LogP contribution in [0.15, 0.2) is 18.2 Å². The van der Waals surface area contributed by atoms with E-state index in [0.717, 1.165) is 0 Å². The van der Waals surface area contributed by atoms with Crippen molar-refractivity contribution in [2.24, 2.45) is 0 Å². The average molecular weight is 286 g/mol. The minimum absolute atomic E-state index is 0.205. The van der Waals surface area contributed by atoms with Crippen molar-refractivity contribution in [3.8, 4) is 6.07 Å². The zero-order valence-corrected chi connectivity index (χ0v) is 11.6. The van der Waals surface area contributed by atoms with E-state index in [-0.39, 0.29) is 17.5 Å². The van der Waals surface area contributed by atoms with Gasteiger partial charge >= 0.3 is 0 Å². The number of rotatable bonds is 4. The molecule has 0 saturated heterocycles. The monoisotopic (exact) mass is 285 g/mol. The molecule has 1 aromatic carbocycles. The van der Waals surface area contributed by atoms with Gasteiger partial charge in [-0.1, -0.05) is 35.3 Å². The number of nitrogens with one attached hydrogen (secondary N) is 1. The lowest BCUT2D eigenvalue weighted by molar-refractivity contribution is -0.122. The lowest BCUT2D eigenvalue weighted by atomic mass is 10.1. The number of carbonyl (C=O) groups is 1. The number of hydrogen-bond acceptors (Lipinski definition) is 3. The molecule has 0 aliphatic carbocycles. The Hall–Kier alpha value is -1.28. The largest absolute Gasteiger partial charge is 0.335 e. The molecule has 1 amide bonds. The summed E-state index contributed by atoms with van der Waals surface area (Å²) in [6, 6.07) is 6.17. The fraction of sp³-hybridized carbons (Fsp3) is 0.333. The van der Waals surface area contributed by atoms with Crippen LogP contribution in [0.4, 0.5) is 0 Å². The Morgan fingerprint density at radius 3 is 2.72 bits per heavy atom. The van der Waals surface area contributed by atoms with Gasteiger partial charge in [-0.3, -0.25) is 4.79 Å². The van der Waals surface area contributed by atoms with Crippen LogP contribution < -0.4 is 5.32 Å². The van der Waals surface area contributed by atoms with Crippen LogP contribution in [-0.4, -0.2) is 31.4 Å². The Morgan fingerprint density at radius 1 is 1.50 bits per heavy atom. The Morgan fingerprint density at radius 2 is 2.17 bits per heavy atom. The molecular formula is C12H13Cl2N3O. The zero-order chi connectivity index (χ0) is 13.7. The number of likely N-dealkylation sites (N-methyl/N-ethyl adjacent to an activating group) is 1. The topological polar surface area (TPSA) is 56.1 Å². The quantitative estimate of drug-likeness (QED) is 0.923. The summed E-state index contributed by atoms with van der Waals surface area (Å²) >= 11 is 11.9. The van der Waals surface area contributed by atoms with E-state index in [9.17, 15) is 4.79 Å². The van der Waals surface area contributed by atoms with Crippen LogP contribution in [0.25, 0.3) is 0 Å². The van der Waals surface area contributed by atoms with Crippen LogP contribution in [0.2, 0.25) is 10.0 Å². The van der Waals surface area contributed by atoms with E-state index in [1.807, 2.05) is 6.07 Å². The van der Waals surface area contributed by atoms with Crippen molar-refractivity contribution in [3.63, 3.8) is 0 Å². The van der Waals surface area contributed by atoms with Crippen molar-refractivity contribution >= 4 is 29.1 Å². The highest BCUT2D eigenvalue weighted by Gasteiger charge is 2.18. The molecule has 0 saturated carbocycles. The number of halogens is 2. The molecule has 96 valence electrons. The second-order valence-corrected chi connectivity index (χ2v) is 4.80. The number of amides is 1. The van der Waals surface area contributed by atoms with Gasteiger partial charge in [0, 0.05) is 5.56 Å². The van der Waals surface area contributed by atoms with E-state index in [4.69, 9.17) is 28.5 Å². The summed E-state index contributed by atoms with van der Waals surface area (Å²) in [4.78, 5) is 13.3. The van der Waals surface area contributed by atoms with E-state index >= 15 is 0 Å². The molecule has 4 nitrogen and oxygen atoms in total. The van der Waals surface area contributed by atoms with Crippen molar-refractivity contribution in [2.45, 2.75) is 6.04 Å². The standard InChI is InChI=1S/C12H13Cl2N3O/c1-17(2)7-11(18)16-10(6-15)8-4-3-5-9(13)12(8)14/h3-5,10H,7H2,1-2H3,(H,16,18)/t10-/m0/s1. The molecule has 6 heteroatoms. The van der Waals surface area contributed by atoms with Crippen LogP contribution in [-0.2, 0) is 4.79 Å². The first-order valence-electron chi connectivity index (χ1n) is 5.23. The molecular weight excluding hydrogens is 273 g/mol. The van der Waals surface area contributed by atoms with Crippen LogP contribution >= 0.6 is 23.2 Å². The third-order valence-electron chi connectivity index (χ3n) is 2.19. The summed E-state index contributed by atoms with van der Waals surface area (Å²) < 4.78 is 0. The van der Waals surface area contributed by atoms with Gasteiger partial charge in [0.2, 0.25) is 5.91 Å². The van der Waals surface area contributed by atoms with Gasteiger partial charge in [-0.2, -0.15) is 5.26 Å². The number of benzene rings is 1. The zero-order valence-electron chi connectivity index (χ0n) is 10.1. The maximum absolute atomic E-state index is 11.6. The molecule has 0 unspecified atom stereocenters. The summed E-state index contributed by atoms with van der Waals surface area (Å²) in [5.41, 5.74) is 0.499. The number of hydrogen-bond donors (Lipinski definition) is 1. The third-order valence-corrected chi connectivity index (χ3v) is 3.02. The van der Waals surface area contributed by atoms with Gasteiger partial charge in [0.15, 0.2) is 0 Å². The lowest BCUT2D eigenvalue weighted by Gasteiger charge is -2.16. The Labute approximate surface area is 116 Å². The van der Waals surface area contributed by atoms with Crippen LogP contribution in [0.1, 0.15) is 11.6 Å². The fourth-order valence-corrected chi connectivity index (χ4v) is 1.83. The summed E-state index contributed by atoms with van der Waals surface area (Å²) in [7, 11) is 3.54. The first kappa shape index (κ1) is 14.8. The van der Waals surface area contributed by atoms with Crippen molar-refractivity contribution in [1.82, 2.24) is 10.2 Å². The van der Waals surface area contributed by atoms with E-state index < -0.39 is 6.04 Å². The highest BCUT2D eigenvalue weighted by Crippen LogP contribution is 2.29. The van der Waals surface area contributed by atoms with Crippen molar-refractivity contribution in [2.75, 3.05) is 20.6 Å². The van der Waals surface area contributed by atoms with Crippen LogP contribution in [0.3, 0.4) is 0 Å². The molecule has 0 radical (unpaired) electrons. The minimum atomic E-state index is -0.802.